The Morgan fingerprint density at radius 3 is 2.53 bits per heavy atom. The van der Waals surface area contributed by atoms with Gasteiger partial charge in [0.25, 0.3) is 0 Å². The van der Waals surface area contributed by atoms with Crippen molar-refractivity contribution in [2.75, 3.05) is 7.05 Å². The summed E-state index contributed by atoms with van der Waals surface area (Å²) in [6.45, 7) is 0.645. The highest BCUT2D eigenvalue weighted by Crippen LogP contribution is 2.33. The van der Waals surface area contributed by atoms with Crippen LogP contribution in [0.4, 0.5) is 13.2 Å². The van der Waals surface area contributed by atoms with E-state index in [9.17, 15) is 13.2 Å². The van der Waals surface area contributed by atoms with Gasteiger partial charge in [-0.3, -0.25) is 0 Å². The smallest absolute Gasteiger partial charge is 0.340 e. The van der Waals surface area contributed by atoms with Gasteiger partial charge in [0.05, 0.1) is 0 Å². The minimum Gasteiger partial charge on any atom is -0.340 e. The highest BCUT2D eigenvalue weighted by molar-refractivity contribution is 5.82. The first kappa shape index (κ1) is 12.0. The predicted molar refractivity (Wildman–Crippen MR) is 60.7 cm³/mol. The molecule has 2 aromatic rings. The van der Waals surface area contributed by atoms with Gasteiger partial charge in [-0.1, -0.05) is 6.07 Å². The molecule has 0 aliphatic carbocycles. The van der Waals surface area contributed by atoms with Crippen LogP contribution in [0, 0.1) is 0 Å². The molecule has 2 rings (SSSR count). The van der Waals surface area contributed by atoms with Crippen LogP contribution in [0.5, 0.6) is 0 Å². The molecule has 0 bridgehead atoms. The average molecular weight is 242 g/mol. The lowest BCUT2D eigenvalue weighted by Gasteiger charge is -2.07. The summed E-state index contributed by atoms with van der Waals surface area (Å²) in [7, 11) is 3.24. The number of hydrogen-bond acceptors (Lipinski definition) is 1. The molecule has 0 unspecified atom stereocenters. The third kappa shape index (κ3) is 2.15. The molecule has 1 heterocycles. The standard InChI is InChI=1S/C12H13F3N2/c1-16-7-8-3-4-10-9(5-8)6-11(17(10)2)12(13,14)15/h3-6,16H,7H2,1-2H3. The van der Waals surface area contributed by atoms with Crippen molar-refractivity contribution in [1.82, 2.24) is 9.88 Å². The summed E-state index contributed by atoms with van der Waals surface area (Å²) in [5, 5.41) is 3.59. The second kappa shape index (κ2) is 4.07. The van der Waals surface area contributed by atoms with Crippen LogP contribution in [0.25, 0.3) is 10.9 Å². The van der Waals surface area contributed by atoms with E-state index >= 15 is 0 Å². The molecule has 1 N–H and O–H groups in total. The Hall–Kier alpha value is -1.49. The summed E-state index contributed by atoms with van der Waals surface area (Å²) >= 11 is 0. The quantitative estimate of drug-likeness (QED) is 0.856. The number of alkyl halides is 3. The van der Waals surface area contributed by atoms with E-state index in [1.807, 2.05) is 6.07 Å². The van der Waals surface area contributed by atoms with Crippen LogP contribution >= 0.6 is 0 Å². The fourth-order valence-corrected chi connectivity index (χ4v) is 1.99. The third-order valence-corrected chi connectivity index (χ3v) is 2.78. The maximum atomic E-state index is 12.7. The van der Waals surface area contributed by atoms with Crippen molar-refractivity contribution in [3.63, 3.8) is 0 Å². The summed E-state index contributed by atoms with van der Waals surface area (Å²) < 4.78 is 39.3. The van der Waals surface area contributed by atoms with Gasteiger partial charge >= 0.3 is 6.18 Å². The summed E-state index contributed by atoms with van der Waals surface area (Å²) in [5.41, 5.74) is 0.950. The van der Waals surface area contributed by atoms with Crippen LogP contribution in [-0.2, 0) is 19.8 Å². The molecular weight excluding hydrogens is 229 g/mol. The molecule has 0 radical (unpaired) electrons. The SMILES string of the molecule is CNCc1ccc2c(c1)cc(C(F)(F)F)n2C. The van der Waals surface area contributed by atoms with Gasteiger partial charge in [-0.25, -0.2) is 0 Å². The first-order valence-corrected chi connectivity index (χ1v) is 5.23. The van der Waals surface area contributed by atoms with E-state index in [4.69, 9.17) is 0 Å². The minimum absolute atomic E-state index is 0.595. The van der Waals surface area contributed by atoms with E-state index in [-0.39, 0.29) is 0 Å². The van der Waals surface area contributed by atoms with Gasteiger partial charge < -0.3 is 9.88 Å². The Labute approximate surface area is 97.0 Å². The number of hydrogen-bond donors (Lipinski definition) is 1. The third-order valence-electron chi connectivity index (χ3n) is 2.78. The molecule has 92 valence electrons. The highest BCUT2D eigenvalue weighted by Gasteiger charge is 2.34. The molecule has 17 heavy (non-hydrogen) atoms. The van der Waals surface area contributed by atoms with Gasteiger partial charge in [-0.05, 0) is 30.8 Å². The Morgan fingerprint density at radius 2 is 1.94 bits per heavy atom. The van der Waals surface area contributed by atoms with Crippen molar-refractivity contribution in [2.24, 2.45) is 7.05 Å². The molecule has 0 aliphatic rings. The number of benzene rings is 1. The van der Waals surface area contributed by atoms with E-state index in [1.165, 1.54) is 17.7 Å². The van der Waals surface area contributed by atoms with Crippen molar-refractivity contribution < 1.29 is 13.2 Å². The van der Waals surface area contributed by atoms with Crippen LogP contribution in [0.1, 0.15) is 11.3 Å². The second-order valence-corrected chi connectivity index (χ2v) is 4.01. The summed E-state index contributed by atoms with van der Waals surface area (Å²) in [6.07, 6.45) is -4.31. The Morgan fingerprint density at radius 1 is 1.24 bits per heavy atom. The lowest BCUT2D eigenvalue weighted by atomic mass is 10.1. The monoisotopic (exact) mass is 242 g/mol. The maximum Gasteiger partial charge on any atom is 0.431 e. The molecule has 2 nitrogen and oxygen atoms in total. The van der Waals surface area contributed by atoms with Crippen LogP contribution in [-0.4, -0.2) is 11.6 Å². The minimum atomic E-state index is -4.31. The van der Waals surface area contributed by atoms with Crippen molar-refractivity contribution in [3.05, 3.63) is 35.5 Å². The lowest BCUT2D eigenvalue weighted by Crippen LogP contribution is -2.10. The van der Waals surface area contributed by atoms with Gasteiger partial charge in [0.15, 0.2) is 0 Å². The fourth-order valence-electron chi connectivity index (χ4n) is 1.99. The van der Waals surface area contributed by atoms with Gasteiger partial charge in [0.1, 0.15) is 5.69 Å². The summed E-state index contributed by atoms with van der Waals surface area (Å²) in [6, 6.07) is 6.52. The zero-order chi connectivity index (χ0) is 12.6. The van der Waals surface area contributed by atoms with E-state index in [2.05, 4.69) is 5.32 Å². The number of fused-ring (bicyclic) bond motifs is 1. The molecule has 1 aromatic heterocycles. The predicted octanol–water partition coefficient (Wildman–Crippen LogP) is 2.92. The molecule has 0 saturated carbocycles. The molecule has 0 aliphatic heterocycles. The normalized spacial score (nSPS) is 12.3. The van der Waals surface area contributed by atoms with E-state index < -0.39 is 11.9 Å². The van der Waals surface area contributed by atoms with Crippen LogP contribution in [0.2, 0.25) is 0 Å². The number of aryl methyl sites for hydroxylation is 1. The van der Waals surface area contributed by atoms with Crippen LogP contribution in [0.3, 0.4) is 0 Å². The molecule has 0 amide bonds. The van der Waals surface area contributed by atoms with Gasteiger partial charge in [-0.15, -0.1) is 0 Å². The van der Waals surface area contributed by atoms with Gasteiger partial charge in [-0.2, -0.15) is 13.2 Å². The summed E-state index contributed by atoms with van der Waals surface area (Å²) in [5.74, 6) is 0. The van der Waals surface area contributed by atoms with Gasteiger partial charge in [0, 0.05) is 24.5 Å². The van der Waals surface area contributed by atoms with Gasteiger partial charge in [0.2, 0.25) is 0 Å². The number of rotatable bonds is 2. The van der Waals surface area contributed by atoms with E-state index in [0.29, 0.717) is 17.4 Å². The molecule has 0 saturated heterocycles. The van der Waals surface area contributed by atoms with Crippen LogP contribution in [0.15, 0.2) is 24.3 Å². The number of aromatic nitrogens is 1. The van der Waals surface area contributed by atoms with Crippen molar-refractivity contribution in [3.8, 4) is 0 Å². The zero-order valence-electron chi connectivity index (χ0n) is 9.60. The topological polar surface area (TPSA) is 17.0 Å². The number of halogens is 3. The van der Waals surface area contributed by atoms with Crippen molar-refractivity contribution in [2.45, 2.75) is 12.7 Å². The second-order valence-electron chi connectivity index (χ2n) is 4.01. The van der Waals surface area contributed by atoms with E-state index in [0.717, 1.165) is 5.56 Å². The molecule has 1 aromatic carbocycles. The Balaban J connectivity index is 2.57. The lowest BCUT2D eigenvalue weighted by molar-refractivity contribution is -0.142. The highest BCUT2D eigenvalue weighted by atomic mass is 19.4. The van der Waals surface area contributed by atoms with Crippen molar-refractivity contribution in [1.29, 1.82) is 0 Å². The Kier molecular flexibility index (Phi) is 2.87. The van der Waals surface area contributed by atoms with Crippen LogP contribution < -0.4 is 5.32 Å². The molecular formula is C12H13F3N2. The number of nitrogens with one attached hydrogen (secondary N) is 1. The first-order chi connectivity index (χ1) is 7.93. The summed E-state index contributed by atoms with van der Waals surface area (Å²) in [4.78, 5) is 0. The maximum absolute atomic E-state index is 12.7. The fraction of sp³-hybridized carbons (Fsp3) is 0.333. The van der Waals surface area contributed by atoms with Crippen molar-refractivity contribution >= 4 is 10.9 Å². The Bertz CT molecular complexity index is 540. The molecule has 0 atom stereocenters. The molecule has 5 heteroatoms. The molecule has 0 spiro atoms. The molecule has 0 fully saturated rings. The average Bonchev–Trinajstić information content (AvgIpc) is 2.56. The van der Waals surface area contributed by atoms with E-state index in [1.54, 1.807) is 19.2 Å². The number of nitrogens with zero attached hydrogens (tertiary/aromatic N) is 1. The zero-order valence-corrected chi connectivity index (χ0v) is 9.60. The largest absolute Gasteiger partial charge is 0.431 e. The first-order valence-electron chi connectivity index (χ1n) is 5.23.